The number of aliphatic hydroxyl groups excluding tert-OH is 1. The van der Waals surface area contributed by atoms with E-state index in [1.54, 1.807) is 12.1 Å². The van der Waals surface area contributed by atoms with Gasteiger partial charge in [0, 0.05) is 16.9 Å². The number of amides is 1. The van der Waals surface area contributed by atoms with Crippen molar-refractivity contribution in [3.8, 4) is 0 Å². The van der Waals surface area contributed by atoms with Crippen molar-refractivity contribution in [2.75, 3.05) is 18.5 Å². The van der Waals surface area contributed by atoms with Gasteiger partial charge < -0.3 is 14.8 Å². The van der Waals surface area contributed by atoms with Crippen LogP contribution in [0.4, 0.5) is 15.8 Å². The Balaban J connectivity index is 1.99. The largest absolute Gasteiger partial charge is 0.448 e. The van der Waals surface area contributed by atoms with E-state index in [1.807, 2.05) is 0 Å². The van der Waals surface area contributed by atoms with Gasteiger partial charge in [-0.05, 0) is 24.3 Å². The Morgan fingerprint density at radius 1 is 1.40 bits per heavy atom. The van der Waals surface area contributed by atoms with E-state index in [0.29, 0.717) is 15.4 Å². The molecule has 3 rings (SSSR count). The number of nitrogens with one attached hydrogen (secondary N) is 2. The molecule has 0 bridgehead atoms. The zero-order valence-corrected chi connectivity index (χ0v) is 14.3. The van der Waals surface area contributed by atoms with Gasteiger partial charge in [0.2, 0.25) is 5.76 Å². The Morgan fingerprint density at radius 2 is 2.24 bits per heavy atom. The van der Waals surface area contributed by atoms with Crippen molar-refractivity contribution < 1.29 is 23.5 Å². The highest BCUT2D eigenvalue weighted by atomic mass is 79.9. The number of carbonyl (C=O) groups excluding carboxylic acids is 1. The Bertz CT molecular complexity index is 916. The number of nitrogens with zero attached hydrogens (tertiary/aromatic N) is 1. The van der Waals surface area contributed by atoms with Crippen LogP contribution in [-0.2, 0) is 4.84 Å². The number of aliphatic hydroxyl groups is 1. The number of pyridine rings is 1. The van der Waals surface area contributed by atoms with Crippen molar-refractivity contribution in [1.29, 1.82) is 0 Å². The number of halogens is 2. The molecule has 2 aromatic heterocycles. The maximum atomic E-state index is 14.1. The summed E-state index contributed by atoms with van der Waals surface area (Å²) in [6, 6.07) is 6.07. The van der Waals surface area contributed by atoms with E-state index in [0.717, 1.165) is 0 Å². The number of benzene rings is 1. The molecule has 25 heavy (non-hydrogen) atoms. The minimum Gasteiger partial charge on any atom is -0.448 e. The maximum absolute atomic E-state index is 14.1. The van der Waals surface area contributed by atoms with Crippen LogP contribution in [0.5, 0.6) is 0 Å². The van der Waals surface area contributed by atoms with E-state index in [9.17, 15) is 9.18 Å². The SMILES string of the molecule is O=C(NOCCO)c1oc2ccncc2c1Nc1ccc(Br)cc1F. The van der Waals surface area contributed by atoms with Gasteiger partial charge in [-0.1, -0.05) is 15.9 Å². The highest BCUT2D eigenvalue weighted by Crippen LogP contribution is 2.34. The predicted octanol–water partition coefficient (Wildman–Crippen LogP) is 3.13. The highest BCUT2D eigenvalue weighted by Gasteiger charge is 2.22. The third kappa shape index (κ3) is 3.78. The molecule has 130 valence electrons. The quantitative estimate of drug-likeness (QED) is 0.427. The van der Waals surface area contributed by atoms with Gasteiger partial charge >= 0.3 is 5.91 Å². The lowest BCUT2D eigenvalue weighted by atomic mass is 10.2. The Hall–Kier alpha value is -2.49. The van der Waals surface area contributed by atoms with E-state index in [4.69, 9.17) is 14.4 Å². The van der Waals surface area contributed by atoms with Gasteiger partial charge in [-0.3, -0.25) is 14.6 Å². The Morgan fingerprint density at radius 3 is 3.00 bits per heavy atom. The Labute approximate surface area is 149 Å². The average molecular weight is 410 g/mol. The number of hydrogen-bond donors (Lipinski definition) is 3. The number of fused-ring (bicyclic) bond motifs is 1. The van der Waals surface area contributed by atoms with Crippen molar-refractivity contribution >= 4 is 44.2 Å². The molecule has 0 unspecified atom stereocenters. The van der Waals surface area contributed by atoms with Crippen LogP contribution in [0.1, 0.15) is 10.6 Å². The number of rotatable bonds is 6. The van der Waals surface area contributed by atoms with Crippen LogP contribution in [-0.4, -0.2) is 29.2 Å². The standard InChI is InChI=1S/C16H13BrFN3O4/c17-9-1-2-12(11(18)7-9)20-14-10-8-19-4-3-13(10)25-15(14)16(23)21-24-6-5-22/h1-4,7-8,20,22H,5-6H2,(H,21,23). The lowest BCUT2D eigenvalue weighted by molar-refractivity contribution is 0.0152. The summed E-state index contributed by atoms with van der Waals surface area (Å²) in [5.74, 6) is -1.27. The molecule has 2 heterocycles. The number of furan rings is 1. The van der Waals surface area contributed by atoms with Gasteiger partial charge in [-0.25, -0.2) is 9.87 Å². The number of anilines is 2. The lowest BCUT2D eigenvalue weighted by Crippen LogP contribution is -2.25. The molecule has 0 saturated heterocycles. The monoisotopic (exact) mass is 409 g/mol. The minimum atomic E-state index is -0.676. The lowest BCUT2D eigenvalue weighted by Gasteiger charge is -2.09. The van der Waals surface area contributed by atoms with Gasteiger partial charge in [0.15, 0.2) is 0 Å². The van der Waals surface area contributed by atoms with Crippen molar-refractivity contribution in [2.24, 2.45) is 0 Å². The van der Waals surface area contributed by atoms with Crippen LogP contribution in [0.25, 0.3) is 11.0 Å². The number of carbonyl (C=O) groups is 1. The third-order valence-corrected chi connectivity index (χ3v) is 3.74. The summed E-state index contributed by atoms with van der Waals surface area (Å²) >= 11 is 3.19. The van der Waals surface area contributed by atoms with Crippen LogP contribution in [0.15, 0.2) is 45.5 Å². The van der Waals surface area contributed by atoms with Crippen LogP contribution in [0.3, 0.4) is 0 Å². The second kappa shape index (κ2) is 7.60. The fourth-order valence-electron chi connectivity index (χ4n) is 2.16. The van der Waals surface area contributed by atoms with Gasteiger partial charge in [-0.2, -0.15) is 0 Å². The molecule has 0 atom stereocenters. The summed E-state index contributed by atoms with van der Waals surface area (Å²) in [5.41, 5.74) is 2.99. The summed E-state index contributed by atoms with van der Waals surface area (Å²) < 4.78 is 20.3. The van der Waals surface area contributed by atoms with Gasteiger partial charge in [0.05, 0.1) is 24.3 Å². The molecule has 0 fully saturated rings. The molecule has 1 aromatic carbocycles. The second-order valence-corrected chi connectivity index (χ2v) is 5.85. The van der Waals surface area contributed by atoms with E-state index < -0.39 is 11.7 Å². The minimum absolute atomic E-state index is 0.0718. The Kier molecular flexibility index (Phi) is 5.27. The summed E-state index contributed by atoms with van der Waals surface area (Å²) in [4.78, 5) is 21.1. The summed E-state index contributed by atoms with van der Waals surface area (Å²) in [5, 5.41) is 12.1. The van der Waals surface area contributed by atoms with E-state index in [-0.39, 0.29) is 30.3 Å². The second-order valence-electron chi connectivity index (χ2n) is 4.93. The highest BCUT2D eigenvalue weighted by molar-refractivity contribution is 9.10. The number of hydroxylamine groups is 1. The molecule has 7 nitrogen and oxygen atoms in total. The van der Waals surface area contributed by atoms with Crippen LogP contribution < -0.4 is 10.8 Å². The molecule has 9 heteroatoms. The zero-order chi connectivity index (χ0) is 17.8. The van der Waals surface area contributed by atoms with Crippen molar-refractivity contribution in [3.63, 3.8) is 0 Å². The predicted molar refractivity (Wildman–Crippen MR) is 91.9 cm³/mol. The zero-order valence-electron chi connectivity index (χ0n) is 12.8. The molecular weight excluding hydrogens is 397 g/mol. The molecule has 3 N–H and O–H groups in total. The smallest absolute Gasteiger partial charge is 0.312 e. The molecule has 0 aliphatic heterocycles. The number of hydrogen-bond acceptors (Lipinski definition) is 6. The summed E-state index contributed by atoms with van der Waals surface area (Å²) in [6.07, 6.45) is 3.02. The van der Waals surface area contributed by atoms with Crippen molar-refractivity contribution in [2.45, 2.75) is 0 Å². The van der Waals surface area contributed by atoms with Gasteiger partial charge in [-0.15, -0.1) is 0 Å². The first kappa shape index (κ1) is 17.3. The van der Waals surface area contributed by atoms with E-state index >= 15 is 0 Å². The molecular formula is C16H13BrFN3O4. The molecule has 3 aromatic rings. The third-order valence-electron chi connectivity index (χ3n) is 3.24. The molecule has 0 aliphatic rings. The van der Waals surface area contributed by atoms with E-state index in [1.165, 1.54) is 24.5 Å². The fraction of sp³-hybridized carbons (Fsp3) is 0.125. The topological polar surface area (TPSA) is 96.6 Å². The fourth-order valence-corrected chi connectivity index (χ4v) is 2.49. The first-order chi connectivity index (χ1) is 12.1. The van der Waals surface area contributed by atoms with Crippen LogP contribution in [0, 0.1) is 5.82 Å². The van der Waals surface area contributed by atoms with Gasteiger partial charge in [0.25, 0.3) is 0 Å². The maximum Gasteiger partial charge on any atom is 0.312 e. The molecule has 0 spiro atoms. The normalized spacial score (nSPS) is 10.8. The van der Waals surface area contributed by atoms with Crippen molar-refractivity contribution in [1.82, 2.24) is 10.5 Å². The molecule has 0 aliphatic carbocycles. The van der Waals surface area contributed by atoms with Crippen molar-refractivity contribution in [3.05, 3.63) is 52.7 Å². The molecule has 0 radical (unpaired) electrons. The first-order valence-electron chi connectivity index (χ1n) is 7.21. The molecule has 0 saturated carbocycles. The molecule has 1 amide bonds. The van der Waals surface area contributed by atoms with Crippen LogP contribution >= 0.6 is 15.9 Å². The van der Waals surface area contributed by atoms with Crippen LogP contribution in [0.2, 0.25) is 0 Å². The van der Waals surface area contributed by atoms with Gasteiger partial charge in [0.1, 0.15) is 17.1 Å². The van der Waals surface area contributed by atoms with E-state index in [2.05, 4.69) is 31.7 Å². The average Bonchev–Trinajstić information content (AvgIpc) is 2.96. The first-order valence-corrected chi connectivity index (χ1v) is 8.01. The number of aromatic nitrogens is 1. The summed E-state index contributed by atoms with van der Waals surface area (Å²) in [6.45, 7) is -0.322. The summed E-state index contributed by atoms with van der Waals surface area (Å²) in [7, 11) is 0.